The molecule has 90 valence electrons. The molecule has 2 heterocycles. The highest BCUT2D eigenvalue weighted by Crippen LogP contribution is 2.09. The van der Waals surface area contributed by atoms with Gasteiger partial charge in [-0.2, -0.15) is 0 Å². The Labute approximate surface area is 109 Å². The van der Waals surface area contributed by atoms with Crippen LogP contribution in [0.5, 0.6) is 0 Å². The summed E-state index contributed by atoms with van der Waals surface area (Å²) in [5.41, 5.74) is 1.06. The van der Waals surface area contributed by atoms with Gasteiger partial charge in [0.2, 0.25) is 0 Å². The summed E-state index contributed by atoms with van der Waals surface area (Å²) >= 11 is 3.38. The zero-order valence-corrected chi connectivity index (χ0v) is 11.6. The molecule has 0 aliphatic rings. The van der Waals surface area contributed by atoms with Crippen molar-refractivity contribution in [1.82, 2.24) is 19.4 Å². The van der Waals surface area contributed by atoms with E-state index < -0.39 is 0 Å². The SMILES string of the molecule is CN(Cc1ccc(Br)cn1)Cc1nccn1C. The van der Waals surface area contributed by atoms with Crippen LogP contribution in [0.3, 0.4) is 0 Å². The third kappa shape index (κ3) is 3.38. The van der Waals surface area contributed by atoms with E-state index in [4.69, 9.17) is 0 Å². The van der Waals surface area contributed by atoms with Gasteiger partial charge < -0.3 is 4.57 Å². The molecule has 0 N–H and O–H groups in total. The van der Waals surface area contributed by atoms with Gasteiger partial charge in [0.25, 0.3) is 0 Å². The van der Waals surface area contributed by atoms with Crippen molar-refractivity contribution in [1.29, 1.82) is 0 Å². The fourth-order valence-electron chi connectivity index (χ4n) is 1.62. The van der Waals surface area contributed by atoms with Gasteiger partial charge in [0.05, 0.1) is 12.2 Å². The molecule has 0 saturated heterocycles. The molecule has 0 fully saturated rings. The second kappa shape index (κ2) is 5.42. The third-order valence-electron chi connectivity index (χ3n) is 2.55. The van der Waals surface area contributed by atoms with E-state index in [1.165, 1.54) is 0 Å². The minimum absolute atomic E-state index is 0.820. The molecule has 0 spiro atoms. The molecule has 0 aliphatic carbocycles. The first-order valence-corrected chi connectivity index (χ1v) is 6.19. The molecule has 2 aromatic heterocycles. The van der Waals surface area contributed by atoms with Crippen molar-refractivity contribution in [2.45, 2.75) is 13.1 Å². The fourth-order valence-corrected chi connectivity index (χ4v) is 1.86. The Kier molecular flexibility index (Phi) is 3.91. The summed E-state index contributed by atoms with van der Waals surface area (Å²) in [7, 11) is 4.08. The molecule has 5 heteroatoms. The van der Waals surface area contributed by atoms with Gasteiger partial charge in [-0.3, -0.25) is 9.88 Å². The standard InChI is InChI=1S/C12H15BrN4/c1-16(9-12-14-5-6-17(12)2)8-11-4-3-10(13)7-15-11/h3-7H,8-9H2,1-2H3. The summed E-state index contributed by atoms with van der Waals surface area (Å²) in [5, 5.41) is 0. The lowest BCUT2D eigenvalue weighted by Crippen LogP contribution is -2.20. The highest BCUT2D eigenvalue weighted by molar-refractivity contribution is 9.10. The van der Waals surface area contributed by atoms with E-state index in [1.807, 2.05) is 42.3 Å². The van der Waals surface area contributed by atoms with E-state index >= 15 is 0 Å². The Morgan fingerprint density at radius 1 is 1.29 bits per heavy atom. The van der Waals surface area contributed by atoms with E-state index in [9.17, 15) is 0 Å². The minimum atomic E-state index is 0.820. The molecule has 0 amide bonds. The van der Waals surface area contributed by atoms with Gasteiger partial charge in [-0.15, -0.1) is 0 Å². The molecule has 0 aromatic carbocycles. The molecule has 0 aliphatic heterocycles. The average molecular weight is 295 g/mol. The number of hydrogen-bond donors (Lipinski definition) is 0. The maximum absolute atomic E-state index is 4.35. The normalized spacial score (nSPS) is 11.1. The maximum Gasteiger partial charge on any atom is 0.122 e. The van der Waals surface area contributed by atoms with Crippen molar-refractivity contribution in [2.75, 3.05) is 7.05 Å². The van der Waals surface area contributed by atoms with E-state index in [0.717, 1.165) is 29.1 Å². The molecule has 0 bridgehead atoms. The zero-order chi connectivity index (χ0) is 12.3. The van der Waals surface area contributed by atoms with Gasteiger partial charge in [-0.1, -0.05) is 0 Å². The van der Waals surface area contributed by atoms with Crippen LogP contribution in [0.4, 0.5) is 0 Å². The second-order valence-electron chi connectivity index (χ2n) is 4.09. The molecule has 2 aromatic rings. The third-order valence-corrected chi connectivity index (χ3v) is 3.02. The van der Waals surface area contributed by atoms with Crippen LogP contribution in [-0.4, -0.2) is 26.5 Å². The van der Waals surface area contributed by atoms with Gasteiger partial charge in [-0.25, -0.2) is 4.98 Å². The fraction of sp³-hybridized carbons (Fsp3) is 0.333. The Bertz CT molecular complexity index is 478. The van der Waals surface area contributed by atoms with Gasteiger partial charge in [0.15, 0.2) is 0 Å². The molecule has 0 saturated carbocycles. The van der Waals surface area contributed by atoms with Crippen LogP contribution in [0.2, 0.25) is 0 Å². The Balaban J connectivity index is 1.95. The Hall–Kier alpha value is -1.20. The van der Waals surface area contributed by atoms with Crippen molar-refractivity contribution in [3.05, 3.63) is 46.7 Å². The lowest BCUT2D eigenvalue weighted by atomic mass is 10.3. The molecule has 4 nitrogen and oxygen atoms in total. The van der Waals surface area contributed by atoms with Crippen molar-refractivity contribution < 1.29 is 0 Å². The summed E-state index contributed by atoms with van der Waals surface area (Å²) in [4.78, 5) is 10.9. The number of pyridine rings is 1. The number of rotatable bonds is 4. The Morgan fingerprint density at radius 2 is 2.12 bits per heavy atom. The average Bonchev–Trinajstić information content (AvgIpc) is 2.68. The molecule has 0 unspecified atom stereocenters. The monoisotopic (exact) mass is 294 g/mol. The van der Waals surface area contributed by atoms with Crippen LogP contribution in [-0.2, 0) is 20.1 Å². The smallest absolute Gasteiger partial charge is 0.122 e. The second-order valence-corrected chi connectivity index (χ2v) is 5.01. The van der Waals surface area contributed by atoms with Gasteiger partial charge in [0, 0.05) is 36.7 Å². The van der Waals surface area contributed by atoms with Crippen LogP contribution in [0.1, 0.15) is 11.5 Å². The van der Waals surface area contributed by atoms with Crippen LogP contribution >= 0.6 is 15.9 Å². The van der Waals surface area contributed by atoms with Crippen molar-refractivity contribution in [3.8, 4) is 0 Å². The van der Waals surface area contributed by atoms with Crippen LogP contribution < -0.4 is 0 Å². The first kappa shape index (κ1) is 12.3. The molecule has 0 radical (unpaired) electrons. The lowest BCUT2D eigenvalue weighted by Gasteiger charge is -2.15. The highest BCUT2D eigenvalue weighted by Gasteiger charge is 2.05. The summed E-state index contributed by atoms with van der Waals surface area (Å²) in [6.45, 7) is 1.64. The molecular formula is C12H15BrN4. The summed E-state index contributed by atoms with van der Waals surface area (Å²) in [5.74, 6) is 1.06. The summed E-state index contributed by atoms with van der Waals surface area (Å²) < 4.78 is 3.04. The van der Waals surface area contributed by atoms with Crippen molar-refractivity contribution >= 4 is 15.9 Å². The minimum Gasteiger partial charge on any atom is -0.337 e. The summed E-state index contributed by atoms with van der Waals surface area (Å²) in [6, 6.07) is 4.04. The molecule has 17 heavy (non-hydrogen) atoms. The Morgan fingerprint density at radius 3 is 2.71 bits per heavy atom. The maximum atomic E-state index is 4.35. The molecule has 2 rings (SSSR count). The van der Waals surface area contributed by atoms with E-state index in [-0.39, 0.29) is 0 Å². The predicted octanol–water partition coefficient (Wildman–Crippen LogP) is 2.21. The first-order valence-electron chi connectivity index (χ1n) is 5.40. The van der Waals surface area contributed by atoms with Gasteiger partial charge in [-0.05, 0) is 35.1 Å². The van der Waals surface area contributed by atoms with Crippen molar-refractivity contribution in [2.24, 2.45) is 7.05 Å². The topological polar surface area (TPSA) is 34.0 Å². The van der Waals surface area contributed by atoms with E-state index in [0.29, 0.717) is 0 Å². The number of aromatic nitrogens is 3. The van der Waals surface area contributed by atoms with E-state index in [1.54, 1.807) is 0 Å². The van der Waals surface area contributed by atoms with Crippen LogP contribution in [0.15, 0.2) is 35.2 Å². The quantitative estimate of drug-likeness (QED) is 0.867. The number of aryl methyl sites for hydroxylation is 1. The lowest BCUT2D eigenvalue weighted by molar-refractivity contribution is 0.303. The first-order chi connectivity index (χ1) is 8.15. The number of nitrogens with zero attached hydrogens (tertiary/aromatic N) is 4. The molecule has 0 atom stereocenters. The zero-order valence-electron chi connectivity index (χ0n) is 9.97. The number of hydrogen-bond acceptors (Lipinski definition) is 3. The van der Waals surface area contributed by atoms with Crippen LogP contribution in [0.25, 0.3) is 0 Å². The summed E-state index contributed by atoms with van der Waals surface area (Å²) in [6.07, 6.45) is 5.60. The number of halogens is 1. The largest absolute Gasteiger partial charge is 0.337 e. The van der Waals surface area contributed by atoms with Crippen LogP contribution in [0, 0.1) is 0 Å². The van der Waals surface area contributed by atoms with E-state index in [2.05, 4.69) is 37.8 Å². The highest BCUT2D eigenvalue weighted by atomic mass is 79.9. The number of imidazole rings is 1. The van der Waals surface area contributed by atoms with Crippen molar-refractivity contribution in [3.63, 3.8) is 0 Å². The predicted molar refractivity (Wildman–Crippen MR) is 70.3 cm³/mol. The van der Waals surface area contributed by atoms with Gasteiger partial charge in [0.1, 0.15) is 5.82 Å². The van der Waals surface area contributed by atoms with Gasteiger partial charge >= 0.3 is 0 Å². The molecular weight excluding hydrogens is 280 g/mol.